The first-order chi connectivity index (χ1) is 9.74. The molecule has 2 bridgehead atoms. The number of hydrogen-bond acceptors (Lipinski definition) is 1. The number of piperidine rings is 1. The number of halogens is 1. The van der Waals surface area contributed by atoms with Gasteiger partial charge in [0.2, 0.25) is 0 Å². The molecule has 1 heterocycles. The first-order valence-electron chi connectivity index (χ1n) is 7.37. The number of fused-ring (bicyclic) bond motifs is 5. The van der Waals surface area contributed by atoms with Crippen molar-refractivity contribution in [1.29, 1.82) is 0 Å². The zero-order chi connectivity index (χ0) is 13.7. The van der Waals surface area contributed by atoms with Gasteiger partial charge in [-0.3, -0.25) is 0 Å². The molecule has 0 saturated carbocycles. The summed E-state index contributed by atoms with van der Waals surface area (Å²) in [7, 11) is 0. The van der Waals surface area contributed by atoms with Crippen LogP contribution in [0.1, 0.15) is 36.4 Å². The van der Waals surface area contributed by atoms with E-state index in [2.05, 4.69) is 30.4 Å². The molecule has 0 spiro atoms. The maximum atomic E-state index is 13.0. The number of rotatable bonds is 1. The Kier molecular flexibility index (Phi) is 2.67. The molecule has 0 amide bonds. The van der Waals surface area contributed by atoms with Crippen molar-refractivity contribution in [2.75, 3.05) is 6.54 Å². The van der Waals surface area contributed by atoms with Crippen molar-refractivity contribution < 1.29 is 4.39 Å². The molecule has 20 heavy (non-hydrogen) atoms. The molecule has 1 nitrogen and oxygen atoms in total. The predicted octanol–water partition coefficient (Wildman–Crippen LogP) is 4.26. The number of benzene rings is 2. The van der Waals surface area contributed by atoms with Crippen LogP contribution in [0.25, 0.3) is 11.1 Å². The second kappa shape index (κ2) is 4.42. The molecular formula is C18H18FN. The van der Waals surface area contributed by atoms with Crippen molar-refractivity contribution >= 4 is 0 Å². The molecule has 1 saturated heterocycles. The van der Waals surface area contributed by atoms with E-state index in [4.69, 9.17) is 0 Å². The Labute approximate surface area is 118 Å². The molecule has 2 unspecified atom stereocenters. The zero-order valence-corrected chi connectivity index (χ0v) is 11.6. The van der Waals surface area contributed by atoms with E-state index in [0.29, 0.717) is 17.9 Å². The molecule has 1 fully saturated rings. The van der Waals surface area contributed by atoms with Crippen molar-refractivity contribution in [2.45, 2.75) is 25.3 Å². The smallest absolute Gasteiger partial charge is 0.123 e. The van der Waals surface area contributed by atoms with E-state index in [0.717, 1.165) is 12.1 Å². The summed E-state index contributed by atoms with van der Waals surface area (Å²) < 4.78 is 13.0. The summed E-state index contributed by atoms with van der Waals surface area (Å²) in [6, 6.07) is 14.0. The summed E-state index contributed by atoms with van der Waals surface area (Å²) in [6.07, 6.45) is 1.24. The summed E-state index contributed by atoms with van der Waals surface area (Å²) in [5.74, 6) is 1.21. The maximum absolute atomic E-state index is 13.0. The Morgan fingerprint density at radius 2 is 1.75 bits per heavy atom. The fourth-order valence-corrected chi connectivity index (χ4v) is 3.91. The van der Waals surface area contributed by atoms with Crippen molar-refractivity contribution in [2.24, 2.45) is 5.92 Å². The van der Waals surface area contributed by atoms with Gasteiger partial charge in [0, 0.05) is 6.04 Å². The fourth-order valence-electron chi connectivity index (χ4n) is 3.91. The normalized spacial score (nSPS) is 27.4. The van der Waals surface area contributed by atoms with Crippen LogP contribution in [0.3, 0.4) is 0 Å². The Balaban J connectivity index is 1.79. The van der Waals surface area contributed by atoms with Gasteiger partial charge in [0.25, 0.3) is 0 Å². The molecule has 2 aromatic carbocycles. The van der Waals surface area contributed by atoms with Crippen molar-refractivity contribution in [1.82, 2.24) is 5.32 Å². The summed E-state index contributed by atoms with van der Waals surface area (Å²) in [6.45, 7) is 3.46. The van der Waals surface area contributed by atoms with Crippen LogP contribution in [0.2, 0.25) is 0 Å². The van der Waals surface area contributed by atoms with Crippen LogP contribution in [0.4, 0.5) is 4.39 Å². The molecule has 2 aromatic rings. The average molecular weight is 267 g/mol. The Morgan fingerprint density at radius 1 is 1.00 bits per heavy atom. The minimum Gasteiger partial charge on any atom is -0.310 e. The van der Waals surface area contributed by atoms with Gasteiger partial charge < -0.3 is 5.32 Å². The van der Waals surface area contributed by atoms with Crippen LogP contribution in [-0.4, -0.2) is 6.54 Å². The third kappa shape index (κ3) is 1.71. The lowest BCUT2D eigenvalue weighted by molar-refractivity contribution is 0.300. The summed E-state index contributed by atoms with van der Waals surface area (Å²) in [4.78, 5) is 0. The highest BCUT2D eigenvalue weighted by molar-refractivity contribution is 5.66. The average Bonchev–Trinajstić information content (AvgIpc) is 2.62. The second-order valence-electron chi connectivity index (χ2n) is 6.04. The quantitative estimate of drug-likeness (QED) is 0.814. The van der Waals surface area contributed by atoms with Gasteiger partial charge in [0.1, 0.15) is 5.82 Å². The van der Waals surface area contributed by atoms with Crippen molar-refractivity contribution in [3.63, 3.8) is 0 Å². The van der Waals surface area contributed by atoms with Crippen molar-refractivity contribution in [3.8, 4) is 11.1 Å². The number of nitrogens with one attached hydrogen (secondary N) is 1. The molecule has 102 valence electrons. The SMILES string of the molecule is C[C@H]1C2CCNC1c1cc(-c3ccc(F)cc3)ccc12. The molecule has 0 radical (unpaired) electrons. The van der Waals surface area contributed by atoms with Gasteiger partial charge in [-0.25, -0.2) is 4.39 Å². The molecule has 1 aliphatic carbocycles. The topological polar surface area (TPSA) is 12.0 Å². The first kappa shape index (κ1) is 12.1. The lowest BCUT2D eigenvalue weighted by Crippen LogP contribution is -2.31. The van der Waals surface area contributed by atoms with Gasteiger partial charge in [-0.05, 0) is 65.3 Å². The molecule has 1 aliphatic heterocycles. The number of hydrogen-bond donors (Lipinski definition) is 1. The van der Waals surface area contributed by atoms with Crippen LogP contribution in [0.5, 0.6) is 0 Å². The van der Waals surface area contributed by atoms with E-state index in [1.165, 1.54) is 35.2 Å². The van der Waals surface area contributed by atoms with E-state index in [-0.39, 0.29) is 5.82 Å². The molecular weight excluding hydrogens is 249 g/mol. The minimum atomic E-state index is -0.180. The third-order valence-electron chi connectivity index (χ3n) is 4.98. The molecule has 0 aromatic heterocycles. The van der Waals surface area contributed by atoms with Crippen LogP contribution in [0.15, 0.2) is 42.5 Å². The van der Waals surface area contributed by atoms with E-state index in [1.807, 2.05) is 12.1 Å². The van der Waals surface area contributed by atoms with Gasteiger partial charge in [0.15, 0.2) is 0 Å². The Bertz CT molecular complexity index is 647. The second-order valence-corrected chi connectivity index (χ2v) is 6.04. The largest absolute Gasteiger partial charge is 0.310 e. The van der Waals surface area contributed by atoms with Crippen LogP contribution >= 0.6 is 0 Å². The first-order valence-corrected chi connectivity index (χ1v) is 7.37. The highest BCUT2D eigenvalue weighted by Gasteiger charge is 2.40. The summed E-state index contributed by atoms with van der Waals surface area (Å²) >= 11 is 0. The van der Waals surface area contributed by atoms with Gasteiger partial charge in [-0.1, -0.05) is 31.2 Å². The standard InChI is InChI=1S/C18H18FN/c1-11-15-8-9-20-18(11)17-10-13(4-7-16(15)17)12-2-5-14(19)6-3-12/h2-7,10-11,15,18,20H,8-9H2,1H3/t11-,15?,18?/m0/s1. The van der Waals surface area contributed by atoms with E-state index < -0.39 is 0 Å². The van der Waals surface area contributed by atoms with Crippen LogP contribution in [0, 0.1) is 11.7 Å². The monoisotopic (exact) mass is 267 g/mol. The molecule has 1 N–H and O–H groups in total. The summed E-state index contributed by atoms with van der Waals surface area (Å²) in [5.41, 5.74) is 5.23. The lowest BCUT2D eigenvalue weighted by atomic mass is 9.87. The lowest BCUT2D eigenvalue weighted by Gasteiger charge is -2.28. The maximum Gasteiger partial charge on any atom is 0.123 e. The van der Waals surface area contributed by atoms with E-state index in [9.17, 15) is 4.39 Å². The van der Waals surface area contributed by atoms with E-state index in [1.54, 1.807) is 0 Å². The third-order valence-corrected chi connectivity index (χ3v) is 4.98. The fraction of sp³-hybridized carbons (Fsp3) is 0.333. The molecule has 3 atom stereocenters. The highest BCUT2D eigenvalue weighted by atomic mass is 19.1. The van der Waals surface area contributed by atoms with Gasteiger partial charge in [-0.15, -0.1) is 0 Å². The van der Waals surface area contributed by atoms with Gasteiger partial charge >= 0.3 is 0 Å². The molecule has 4 rings (SSSR count). The van der Waals surface area contributed by atoms with Crippen LogP contribution < -0.4 is 5.32 Å². The van der Waals surface area contributed by atoms with Crippen LogP contribution in [-0.2, 0) is 0 Å². The van der Waals surface area contributed by atoms with Gasteiger partial charge in [-0.2, -0.15) is 0 Å². The van der Waals surface area contributed by atoms with Crippen molar-refractivity contribution in [3.05, 3.63) is 59.4 Å². The predicted molar refractivity (Wildman–Crippen MR) is 79.1 cm³/mol. The highest BCUT2D eigenvalue weighted by Crippen LogP contribution is 2.49. The van der Waals surface area contributed by atoms with E-state index >= 15 is 0 Å². The Hall–Kier alpha value is -1.67. The molecule has 2 heteroatoms. The summed E-state index contributed by atoms with van der Waals surface area (Å²) in [5, 5.41) is 3.64. The molecule has 2 aliphatic rings. The van der Waals surface area contributed by atoms with Gasteiger partial charge in [0.05, 0.1) is 0 Å². The Morgan fingerprint density at radius 3 is 2.55 bits per heavy atom. The minimum absolute atomic E-state index is 0.180. The zero-order valence-electron chi connectivity index (χ0n) is 11.6.